The van der Waals surface area contributed by atoms with E-state index in [1.165, 1.54) is 17.5 Å². The summed E-state index contributed by atoms with van der Waals surface area (Å²) in [6.45, 7) is 1.74. The number of nitrogens with one attached hydrogen (secondary N) is 2. The zero-order valence-corrected chi connectivity index (χ0v) is 9.74. The van der Waals surface area contributed by atoms with Crippen molar-refractivity contribution in [1.82, 2.24) is 10.7 Å². The lowest BCUT2D eigenvalue weighted by atomic mass is 9.90. The van der Waals surface area contributed by atoms with Gasteiger partial charge in [-0.25, -0.2) is 10.4 Å². The Morgan fingerprint density at radius 1 is 1.24 bits per heavy atom. The number of aryl methyl sites for hydroxylation is 1. The average Bonchev–Trinajstić information content (AvgIpc) is 2.89. The smallest absolute Gasteiger partial charge is 0.212 e. The maximum absolute atomic E-state index is 4.48. The minimum absolute atomic E-state index is 0.792. The molecule has 4 heteroatoms. The molecule has 0 aromatic heterocycles. The molecule has 0 saturated carbocycles. The molecule has 0 unspecified atom stereocenters. The van der Waals surface area contributed by atoms with E-state index in [1.807, 2.05) is 0 Å². The molecule has 0 atom stereocenters. The third-order valence-corrected chi connectivity index (χ3v) is 3.16. The van der Waals surface area contributed by atoms with Crippen LogP contribution in [-0.4, -0.2) is 24.8 Å². The Morgan fingerprint density at radius 2 is 2.18 bits per heavy atom. The molecule has 0 spiro atoms. The summed E-state index contributed by atoms with van der Waals surface area (Å²) in [5.41, 5.74) is 6.85. The van der Waals surface area contributed by atoms with Crippen LogP contribution in [0.1, 0.15) is 24.0 Å². The summed E-state index contributed by atoms with van der Waals surface area (Å²) in [6, 6.07) is 8.51. The number of aliphatic imine (C=N–C) groups is 1. The Labute approximate surface area is 101 Å². The van der Waals surface area contributed by atoms with E-state index in [-0.39, 0.29) is 0 Å². The van der Waals surface area contributed by atoms with Crippen LogP contribution in [0.3, 0.4) is 0 Å². The Bertz CT molecular complexity index is 476. The van der Waals surface area contributed by atoms with Gasteiger partial charge >= 0.3 is 0 Å². The molecule has 0 bridgehead atoms. The summed E-state index contributed by atoms with van der Waals surface area (Å²) in [7, 11) is 0. The molecule has 17 heavy (non-hydrogen) atoms. The van der Waals surface area contributed by atoms with Crippen molar-refractivity contribution in [3.8, 4) is 0 Å². The minimum Gasteiger partial charge on any atom is -0.353 e. The summed E-state index contributed by atoms with van der Waals surface area (Å²) < 4.78 is 0. The van der Waals surface area contributed by atoms with Crippen molar-refractivity contribution in [2.45, 2.75) is 19.3 Å². The van der Waals surface area contributed by atoms with E-state index in [2.05, 4.69) is 45.1 Å². The molecule has 0 saturated heterocycles. The molecule has 3 rings (SSSR count). The molecule has 0 fully saturated rings. The van der Waals surface area contributed by atoms with E-state index in [0.29, 0.717) is 0 Å². The van der Waals surface area contributed by atoms with Gasteiger partial charge in [0, 0.05) is 12.1 Å². The second-order valence-electron chi connectivity index (χ2n) is 4.34. The first-order valence-electron chi connectivity index (χ1n) is 6.13. The van der Waals surface area contributed by atoms with Crippen molar-refractivity contribution < 1.29 is 0 Å². The van der Waals surface area contributed by atoms with Crippen LogP contribution in [-0.2, 0) is 6.42 Å². The third kappa shape index (κ3) is 2.16. The standard InChI is InChI=1S/C13H16N4/c1-2-6-11-10(4-1)5-3-7-12(11)16-17-13-14-8-9-15-13/h1-2,4,6H,3,5,7-9H2,(H2,14,15,17). The van der Waals surface area contributed by atoms with Crippen LogP contribution in [0.25, 0.3) is 0 Å². The second-order valence-corrected chi connectivity index (χ2v) is 4.34. The molecular weight excluding hydrogens is 212 g/mol. The Morgan fingerprint density at radius 3 is 3.06 bits per heavy atom. The topological polar surface area (TPSA) is 48.8 Å². The fraction of sp³-hybridized carbons (Fsp3) is 0.385. The molecule has 1 aliphatic heterocycles. The van der Waals surface area contributed by atoms with Gasteiger partial charge in [0.05, 0.1) is 12.3 Å². The summed E-state index contributed by atoms with van der Waals surface area (Å²) in [6.07, 6.45) is 3.38. The van der Waals surface area contributed by atoms with Crippen molar-refractivity contribution in [3.63, 3.8) is 0 Å². The molecule has 0 radical (unpaired) electrons. The fourth-order valence-electron chi connectivity index (χ4n) is 2.31. The van der Waals surface area contributed by atoms with Crippen LogP contribution in [0.4, 0.5) is 0 Å². The van der Waals surface area contributed by atoms with Crippen molar-refractivity contribution in [1.29, 1.82) is 0 Å². The molecule has 1 aromatic rings. The summed E-state index contributed by atoms with van der Waals surface area (Å²) in [5, 5.41) is 7.63. The molecule has 88 valence electrons. The van der Waals surface area contributed by atoms with E-state index in [0.717, 1.165) is 37.6 Å². The van der Waals surface area contributed by atoms with Crippen molar-refractivity contribution in [3.05, 3.63) is 35.4 Å². The lowest BCUT2D eigenvalue weighted by Crippen LogP contribution is -2.31. The highest BCUT2D eigenvalue weighted by atomic mass is 15.4. The van der Waals surface area contributed by atoms with Gasteiger partial charge < -0.3 is 5.32 Å². The number of hydrazone groups is 1. The molecule has 2 aliphatic rings. The van der Waals surface area contributed by atoms with Crippen molar-refractivity contribution >= 4 is 11.7 Å². The first kappa shape index (κ1) is 10.3. The van der Waals surface area contributed by atoms with Crippen LogP contribution in [0.15, 0.2) is 34.4 Å². The van der Waals surface area contributed by atoms with E-state index < -0.39 is 0 Å². The zero-order chi connectivity index (χ0) is 11.5. The largest absolute Gasteiger partial charge is 0.353 e. The highest BCUT2D eigenvalue weighted by Crippen LogP contribution is 2.20. The third-order valence-electron chi connectivity index (χ3n) is 3.16. The number of guanidine groups is 1. The van der Waals surface area contributed by atoms with E-state index in [4.69, 9.17) is 0 Å². The van der Waals surface area contributed by atoms with Gasteiger partial charge in [-0.1, -0.05) is 24.3 Å². The predicted octanol–water partition coefficient (Wildman–Crippen LogP) is 1.28. The van der Waals surface area contributed by atoms with E-state index >= 15 is 0 Å². The number of fused-ring (bicyclic) bond motifs is 1. The van der Waals surface area contributed by atoms with Gasteiger partial charge in [-0.2, -0.15) is 5.10 Å². The SMILES string of the molecule is c1ccc2c(c1)CCCC2=NNC1=NCCN1. The normalized spacial score (nSPS) is 20.7. The fourth-order valence-corrected chi connectivity index (χ4v) is 2.31. The summed E-state index contributed by atoms with van der Waals surface area (Å²) in [5.74, 6) is 0.792. The lowest BCUT2D eigenvalue weighted by molar-refractivity contribution is 0.824. The van der Waals surface area contributed by atoms with Gasteiger partial charge in [0.1, 0.15) is 0 Å². The van der Waals surface area contributed by atoms with Gasteiger partial charge in [0.2, 0.25) is 5.96 Å². The van der Waals surface area contributed by atoms with Crippen molar-refractivity contribution in [2.75, 3.05) is 13.1 Å². The molecule has 1 aliphatic carbocycles. The maximum Gasteiger partial charge on any atom is 0.212 e. The highest BCUT2D eigenvalue weighted by Gasteiger charge is 2.15. The molecule has 1 aromatic carbocycles. The van der Waals surface area contributed by atoms with Gasteiger partial charge in [0.15, 0.2) is 0 Å². The van der Waals surface area contributed by atoms with Crippen LogP contribution >= 0.6 is 0 Å². The number of hydrogen-bond donors (Lipinski definition) is 2. The summed E-state index contributed by atoms with van der Waals surface area (Å²) >= 11 is 0. The monoisotopic (exact) mass is 228 g/mol. The van der Waals surface area contributed by atoms with Crippen LogP contribution < -0.4 is 10.7 Å². The van der Waals surface area contributed by atoms with E-state index in [9.17, 15) is 0 Å². The van der Waals surface area contributed by atoms with E-state index in [1.54, 1.807) is 0 Å². The number of hydrogen-bond acceptors (Lipinski definition) is 4. The molecule has 2 N–H and O–H groups in total. The molecular formula is C13H16N4. The first-order valence-corrected chi connectivity index (χ1v) is 6.13. The number of rotatable bonds is 1. The molecule has 0 amide bonds. The Balaban J connectivity index is 1.82. The van der Waals surface area contributed by atoms with Gasteiger partial charge in [-0.15, -0.1) is 0 Å². The lowest BCUT2D eigenvalue weighted by Gasteiger charge is -2.17. The van der Waals surface area contributed by atoms with Crippen LogP contribution in [0, 0.1) is 0 Å². The minimum atomic E-state index is 0.792. The van der Waals surface area contributed by atoms with Crippen LogP contribution in [0.2, 0.25) is 0 Å². The number of nitrogens with zero attached hydrogens (tertiary/aromatic N) is 2. The average molecular weight is 228 g/mol. The highest BCUT2D eigenvalue weighted by molar-refractivity contribution is 6.03. The number of benzene rings is 1. The molecule has 4 nitrogen and oxygen atoms in total. The quantitative estimate of drug-likeness (QED) is 0.711. The second kappa shape index (κ2) is 4.57. The summed E-state index contributed by atoms with van der Waals surface area (Å²) in [4.78, 5) is 4.26. The van der Waals surface area contributed by atoms with Gasteiger partial charge in [-0.05, 0) is 24.8 Å². The van der Waals surface area contributed by atoms with Gasteiger partial charge in [0.25, 0.3) is 0 Å². The first-order chi connectivity index (χ1) is 8.43. The van der Waals surface area contributed by atoms with Gasteiger partial charge in [-0.3, -0.25) is 0 Å². The Hall–Kier alpha value is -1.84. The Kier molecular flexibility index (Phi) is 2.78. The predicted molar refractivity (Wildman–Crippen MR) is 69.4 cm³/mol. The zero-order valence-electron chi connectivity index (χ0n) is 9.74. The molecule has 1 heterocycles. The van der Waals surface area contributed by atoms with Crippen LogP contribution in [0.5, 0.6) is 0 Å². The van der Waals surface area contributed by atoms with Crippen molar-refractivity contribution in [2.24, 2.45) is 10.1 Å². The maximum atomic E-state index is 4.48.